The summed E-state index contributed by atoms with van der Waals surface area (Å²) < 4.78 is 0. The van der Waals surface area contributed by atoms with E-state index in [1.807, 2.05) is 11.3 Å². The van der Waals surface area contributed by atoms with Crippen LogP contribution < -0.4 is 5.32 Å². The van der Waals surface area contributed by atoms with E-state index >= 15 is 0 Å². The predicted octanol–water partition coefficient (Wildman–Crippen LogP) is 3.28. The van der Waals surface area contributed by atoms with E-state index in [1.54, 1.807) is 0 Å². The number of aryl methyl sites for hydroxylation is 2. The largest absolute Gasteiger partial charge is 0.311 e. The van der Waals surface area contributed by atoms with Crippen molar-refractivity contribution in [2.45, 2.75) is 65.6 Å². The van der Waals surface area contributed by atoms with Crippen LogP contribution in [-0.2, 0) is 0 Å². The van der Waals surface area contributed by atoms with Crippen molar-refractivity contribution in [1.82, 2.24) is 15.2 Å². The van der Waals surface area contributed by atoms with Gasteiger partial charge in [0, 0.05) is 30.1 Å². The van der Waals surface area contributed by atoms with Gasteiger partial charge in [-0.25, -0.2) is 4.98 Å². The van der Waals surface area contributed by atoms with Crippen LogP contribution in [0.5, 0.6) is 0 Å². The second kappa shape index (κ2) is 6.33. The van der Waals surface area contributed by atoms with E-state index in [4.69, 9.17) is 4.98 Å². The molecule has 0 bridgehead atoms. The quantitative estimate of drug-likeness (QED) is 0.918. The maximum Gasteiger partial charge on any atom is 0.110 e. The van der Waals surface area contributed by atoms with E-state index in [-0.39, 0.29) is 0 Å². The van der Waals surface area contributed by atoms with Crippen molar-refractivity contribution < 1.29 is 0 Å². The molecule has 4 heteroatoms. The molecule has 2 rings (SSSR count). The molecule has 0 aromatic carbocycles. The Bertz CT molecular complexity index is 396. The highest BCUT2D eigenvalue weighted by atomic mass is 32.1. The first kappa shape index (κ1) is 14.9. The first-order valence-electron chi connectivity index (χ1n) is 7.49. The average Bonchev–Trinajstić information content (AvgIpc) is 2.77. The second-order valence-corrected chi connectivity index (χ2v) is 6.88. The highest BCUT2D eigenvalue weighted by Gasteiger charge is 2.31. The fourth-order valence-corrected chi connectivity index (χ4v) is 3.83. The molecule has 0 aliphatic carbocycles. The van der Waals surface area contributed by atoms with Gasteiger partial charge in [-0.15, -0.1) is 11.3 Å². The number of hydrogen-bond acceptors (Lipinski definition) is 4. The van der Waals surface area contributed by atoms with E-state index in [2.05, 4.69) is 44.8 Å². The summed E-state index contributed by atoms with van der Waals surface area (Å²) in [6.45, 7) is 13.4. The first-order chi connectivity index (χ1) is 9.06. The third-order valence-electron chi connectivity index (χ3n) is 4.41. The lowest BCUT2D eigenvalue weighted by Gasteiger charge is -2.42. The molecule has 0 spiro atoms. The summed E-state index contributed by atoms with van der Waals surface area (Å²) in [7, 11) is 0. The number of nitrogens with zero attached hydrogens (tertiary/aromatic N) is 2. The van der Waals surface area contributed by atoms with E-state index in [9.17, 15) is 0 Å². The van der Waals surface area contributed by atoms with E-state index in [1.165, 1.54) is 28.4 Å². The lowest BCUT2D eigenvalue weighted by molar-refractivity contribution is 0.0848. The van der Waals surface area contributed by atoms with Crippen LogP contribution in [0.2, 0.25) is 0 Å². The van der Waals surface area contributed by atoms with Gasteiger partial charge in [-0.3, -0.25) is 4.90 Å². The van der Waals surface area contributed by atoms with E-state index in [0.717, 1.165) is 13.1 Å². The summed E-state index contributed by atoms with van der Waals surface area (Å²) in [4.78, 5) is 8.77. The molecule has 1 unspecified atom stereocenters. The monoisotopic (exact) mass is 281 g/mol. The molecule has 1 aromatic rings. The average molecular weight is 281 g/mol. The molecule has 1 saturated heterocycles. The Kier molecular flexibility index (Phi) is 4.98. The minimum Gasteiger partial charge on any atom is -0.311 e. The number of nitrogens with one attached hydrogen (secondary N) is 1. The molecule has 0 amide bonds. The number of rotatable bonds is 4. The van der Waals surface area contributed by atoms with E-state index < -0.39 is 0 Å². The van der Waals surface area contributed by atoms with Crippen LogP contribution in [0.15, 0.2) is 0 Å². The zero-order chi connectivity index (χ0) is 14.0. The Hall–Kier alpha value is -0.450. The Morgan fingerprint density at radius 3 is 2.63 bits per heavy atom. The van der Waals surface area contributed by atoms with Crippen molar-refractivity contribution in [1.29, 1.82) is 0 Å². The van der Waals surface area contributed by atoms with Gasteiger partial charge in [-0.1, -0.05) is 13.8 Å². The molecule has 0 radical (unpaired) electrons. The van der Waals surface area contributed by atoms with Gasteiger partial charge >= 0.3 is 0 Å². The van der Waals surface area contributed by atoms with Crippen molar-refractivity contribution in [3.05, 3.63) is 15.6 Å². The minimum atomic E-state index is 0.443. The summed E-state index contributed by atoms with van der Waals surface area (Å²) in [5.41, 5.74) is 1.20. The fourth-order valence-electron chi connectivity index (χ4n) is 2.83. The Labute approximate surface area is 121 Å². The Morgan fingerprint density at radius 2 is 2.11 bits per heavy atom. The number of hydrogen-bond donors (Lipinski definition) is 1. The highest BCUT2D eigenvalue weighted by Crippen LogP contribution is 2.30. The van der Waals surface area contributed by atoms with Gasteiger partial charge < -0.3 is 5.32 Å². The van der Waals surface area contributed by atoms with Gasteiger partial charge in [0.15, 0.2) is 0 Å². The third-order valence-corrected chi connectivity index (χ3v) is 5.65. The number of thiazole rings is 1. The zero-order valence-electron chi connectivity index (χ0n) is 12.9. The molecule has 1 N–H and O–H groups in total. The molecule has 3 nitrogen and oxygen atoms in total. The maximum atomic E-state index is 4.76. The Balaban J connectivity index is 2.16. The maximum absolute atomic E-state index is 4.76. The molecule has 1 fully saturated rings. The topological polar surface area (TPSA) is 28.2 Å². The highest BCUT2D eigenvalue weighted by molar-refractivity contribution is 7.11. The van der Waals surface area contributed by atoms with Crippen molar-refractivity contribution in [2.75, 3.05) is 13.1 Å². The van der Waals surface area contributed by atoms with Gasteiger partial charge in [0.05, 0.1) is 11.7 Å². The minimum absolute atomic E-state index is 0.443. The molecule has 2 heterocycles. The van der Waals surface area contributed by atoms with E-state index in [0.29, 0.717) is 18.1 Å². The fraction of sp³-hybridized carbons (Fsp3) is 0.800. The number of piperazine rings is 1. The van der Waals surface area contributed by atoms with Gasteiger partial charge in [0.25, 0.3) is 0 Å². The second-order valence-electron chi connectivity index (χ2n) is 5.64. The lowest BCUT2D eigenvalue weighted by atomic mass is 10.0. The zero-order valence-corrected chi connectivity index (χ0v) is 13.7. The lowest BCUT2D eigenvalue weighted by Crippen LogP contribution is -2.56. The van der Waals surface area contributed by atoms with Gasteiger partial charge in [-0.2, -0.15) is 0 Å². The van der Waals surface area contributed by atoms with Crippen LogP contribution in [0.4, 0.5) is 0 Å². The molecule has 108 valence electrons. The summed E-state index contributed by atoms with van der Waals surface area (Å²) in [5.74, 6) is 0. The molecule has 1 aliphatic heterocycles. The van der Waals surface area contributed by atoms with Crippen LogP contribution in [-0.4, -0.2) is 35.1 Å². The standard InChI is InChI=1S/C15H27N3S/c1-6-13-9-18(14(7-2)8-16-13)11(4)15-17-10(3)12(5)19-15/h11,13-14,16H,6-9H2,1-5H3/t11?,13-,14+/m0/s1. The van der Waals surface area contributed by atoms with Crippen LogP contribution in [0.25, 0.3) is 0 Å². The van der Waals surface area contributed by atoms with Crippen molar-refractivity contribution in [2.24, 2.45) is 0 Å². The van der Waals surface area contributed by atoms with Crippen molar-refractivity contribution in [3.63, 3.8) is 0 Å². The summed E-state index contributed by atoms with van der Waals surface area (Å²) in [5, 5.41) is 4.95. The molecule has 1 aliphatic rings. The number of aromatic nitrogens is 1. The van der Waals surface area contributed by atoms with Crippen LogP contribution in [0, 0.1) is 13.8 Å². The molecular weight excluding hydrogens is 254 g/mol. The SMILES string of the molecule is CC[C@H]1CN(C(C)c2nc(C)c(C)s2)[C@H](CC)CN1. The van der Waals surface area contributed by atoms with Crippen LogP contribution >= 0.6 is 11.3 Å². The Morgan fingerprint density at radius 1 is 1.37 bits per heavy atom. The van der Waals surface area contributed by atoms with Crippen molar-refractivity contribution in [3.8, 4) is 0 Å². The van der Waals surface area contributed by atoms with Gasteiger partial charge in [0.2, 0.25) is 0 Å². The van der Waals surface area contributed by atoms with Crippen molar-refractivity contribution >= 4 is 11.3 Å². The third kappa shape index (κ3) is 3.18. The summed E-state index contributed by atoms with van der Waals surface area (Å²) in [6.07, 6.45) is 2.41. The van der Waals surface area contributed by atoms with Gasteiger partial charge in [-0.05, 0) is 33.6 Å². The molecule has 0 saturated carbocycles. The van der Waals surface area contributed by atoms with Crippen LogP contribution in [0.3, 0.4) is 0 Å². The predicted molar refractivity (Wildman–Crippen MR) is 82.9 cm³/mol. The molecule has 1 aromatic heterocycles. The van der Waals surface area contributed by atoms with Crippen LogP contribution in [0.1, 0.15) is 55.2 Å². The molecule has 3 atom stereocenters. The molecule has 19 heavy (non-hydrogen) atoms. The van der Waals surface area contributed by atoms with Gasteiger partial charge in [0.1, 0.15) is 5.01 Å². The normalized spacial score (nSPS) is 26.6. The summed E-state index contributed by atoms with van der Waals surface area (Å²) in [6, 6.07) is 1.72. The molecular formula is C15H27N3S. The summed E-state index contributed by atoms with van der Waals surface area (Å²) >= 11 is 1.86. The first-order valence-corrected chi connectivity index (χ1v) is 8.31. The smallest absolute Gasteiger partial charge is 0.110 e.